The van der Waals surface area contributed by atoms with Crippen LogP contribution in [0.2, 0.25) is 10.0 Å². The highest BCUT2D eigenvalue weighted by Gasteiger charge is 2.13. The third-order valence-electron chi connectivity index (χ3n) is 4.66. The van der Waals surface area contributed by atoms with Gasteiger partial charge in [0.1, 0.15) is 5.75 Å². The molecule has 0 bridgehead atoms. The Morgan fingerprint density at radius 3 is 2.73 bits per heavy atom. The summed E-state index contributed by atoms with van der Waals surface area (Å²) in [4.78, 5) is 12.1. The maximum Gasteiger partial charge on any atom is 0.277 e. The number of anilines is 1. The number of amides is 1. The van der Waals surface area contributed by atoms with Crippen molar-refractivity contribution in [2.75, 3.05) is 11.1 Å². The molecular weight excluding hydrogens is 445 g/mol. The summed E-state index contributed by atoms with van der Waals surface area (Å²) >= 11 is 13.0. The number of benzene rings is 2. The Morgan fingerprint density at radius 2 is 1.90 bits per heavy atom. The number of thioether (sulfide) groups is 1. The van der Waals surface area contributed by atoms with E-state index in [1.165, 1.54) is 24.0 Å². The van der Waals surface area contributed by atoms with E-state index < -0.39 is 0 Å². The van der Waals surface area contributed by atoms with Gasteiger partial charge in [-0.3, -0.25) is 4.79 Å². The molecule has 0 fully saturated rings. The van der Waals surface area contributed by atoms with Crippen LogP contribution in [0.1, 0.15) is 29.9 Å². The molecule has 156 valence electrons. The van der Waals surface area contributed by atoms with E-state index in [1.807, 2.05) is 6.07 Å². The van der Waals surface area contributed by atoms with Crippen LogP contribution in [0, 0.1) is 0 Å². The number of carbonyl (C=O) groups excluding carboxylic acids is 1. The fourth-order valence-electron chi connectivity index (χ4n) is 3.20. The number of hydrogen-bond acceptors (Lipinski definition) is 6. The van der Waals surface area contributed by atoms with E-state index >= 15 is 0 Å². The quantitative estimate of drug-likeness (QED) is 0.461. The molecule has 0 spiro atoms. The lowest BCUT2D eigenvalue weighted by molar-refractivity contribution is -0.113. The monoisotopic (exact) mass is 463 g/mol. The summed E-state index contributed by atoms with van der Waals surface area (Å²) in [7, 11) is 0. The molecule has 1 aromatic heterocycles. The third-order valence-corrected chi connectivity index (χ3v) is 6.22. The van der Waals surface area contributed by atoms with Crippen LogP contribution in [0.15, 0.2) is 46.0 Å². The highest BCUT2D eigenvalue weighted by Crippen LogP contribution is 2.27. The zero-order chi connectivity index (χ0) is 20.9. The van der Waals surface area contributed by atoms with Crippen LogP contribution in [-0.2, 0) is 24.2 Å². The second kappa shape index (κ2) is 9.73. The second-order valence-corrected chi connectivity index (χ2v) is 8.59. The standard InChI is InChI=1S/C21H19Cl2N3O3S/c22-17-8-6-15(10-18(17)23)24-19(27)12-30-21-26-25-20(29-21)11-28-16-7-5-13-3-1-2-4-14(13)9-16/h5-10H,1-4,11-12H2,(H,24,27). The van der Waals surface area contributed by atoms with E-state index in [9.17, 15) is 4.79 Å². The zero-order valence-corrected chi connectivity index (χ0v) is 18.3. The van der Waals surface area contributed by atoms with Crippen molar-refractivity contribution < 1.29 is 13.9 Å². The number of rotatable bonds is 7. The first kappa shape index (κ1) is 21.0. The van der Waals surface area contributed by atoms with Crippen LogP contribution in [-0.4, -0.2) is 21.9 Å². The number of hydrogen-bond donors (Lipinski definition) is 1. The molecule has 30 heavy (non-hydrogen) atoms. The Bertz CT molecular complexity index is 1060. The number of fused-ring (bicyclic) bond motifs is 1. The predicted octanol–water partition coefficient (Wildman–Crippen LogP) is 5.57. The van der Waals surface area contributed by atoms with Crippen molar-refractivity contribution in [3.05, 3.63) is 63.5 Å². The number of carbonyl (C=O) groups is 1. The van der Waals surface area contributed by atoms with Gasteiger partial charge in [-0.05, 0) is 67.1 Å². The van der Waals surface area contributed by atoms with Crippen LogP contribution < -0.4 is 10.1 Å². The van der Waals surface area contributed by atoms with Crippen molar-refractivity contribution in [1.29, 1.82) is 0 Å². The maximum absolute atomic E-state index is 12.1. The maximum atomic E-state index is 12.1. The first-order valence-electron chi connectivity index (χ1n) is 9.51. The molecule has 1 aliphatic rings. The molecule has 3 aromatic rings. The van der Waals surface area contributed by atoms with Crippen molar-refractivity contribution in [3.63, 3.8) is 0 Å². The molecule has 0 unspecified atom stereocenters. The summed E-state index contributed by atoms with van der Waals surface area (Å²) < 4.78 is 11.3. The van der Waals surface area contributed by atoms with Gasteiger partial charge in [-0.2, -0.15) is 0 Å². The molecule has 9 heteroatoms. The summed E-state index contributed by atoms with van der Waals surface area (Å²) in [5.41, 5.74) is 3.33. The Morgan fingerprint density at radius 1 is 1.07 bits per heavy atom. The molecular formula is C21H19Cl2N3O3S. The SMILES string of the molecule is O=C(CSc1nnc(COc2ccc3c(c2)CCCC3)o1)Nc1ccc(Cl)c(Cl)c1. The van der Waals surface area contributed by atoms with Crippen LogP contribution in [0.5, 0.6) is 5.75 Å². The largest absolute Gasteiger partial charge is 0.484 e. The Kier molecular flexibility index (Phi) is 6.82. The van der Waals surface area contributed by atoms with Gasteiger partial charge in [0.15, 0.2) is 6.61 Å². The van der Waals surface area contributed by atoms with E-state index in [4.69, 9.17) is 32.4 Å². The molecule has 6 nitrogen and oxygen atoms in total. The van der Waals surface area contributed by atoms with E-state index in [1.54, 1.807) is 18.2 Å². The molecule has 1 heterocycles. The van der Waals surface area contributed by atoms with Gasteiger partial charge in [-0.15, -0.1) is 10.2 Å². The molecule has 0 aliphatic heterocycles. The van der Waals surface area contributed by atoms with Gasteiger partial charge in [-0.25, -0.2) is 0 Å². The summed E-state index contributed by atoms with van der Waals surface area (Å²) in [6.07, 6.45) is 4.71. The molecule has 0 atom stereocenters. The number of halogens is 2. The molecule has 1 aliphatic carbocycles. The number of nitrogens with zero attached hydrogens (tertiary/aromatic N) is 2. The number of aryl methyl sites for hydroxylation is 2. The van der Waals surface area contributed by atoms with Crippen molar-refractivity contribution in [2.45, 2.75) is 37.5 Å². The Hall–Kier alpha value is -2.22. The minimum atomic E-state index is -0.219. The van der Waals surface area contributed by atoms with Crippen LogP contribution in [0.3, 0.4) is 0 Å². The van der Waals surface area contributed by atoms with Gasteiger partial charge in [-0.1, -0.05) is 41.0 Å². The van der Waals surface area contributed by atoms with Gasteiger partial charge in [0.2, 0.25) is 5.91 Å². The topological polar surface area (TPSA) is 77.2 Å². The Labute approximate surface area is 188 Å². The smallest absolute Gasteiger partial charge is 0.277 e. The predicted molar refractivity (Wildman–Crippen MR) is 118 cm³/mol. The van der Waals surface area contributed by atoms with Crippen molar-refractivity contribution >= 4 is 46.6 Å². The average molecular weight is 464 g/mol. The van der Waals surface area contributed by atoms with E-state index in [0.717, 1.165) is 30.4 Å². The molecule has 1 amide bonds. The summed E-state index contributed by atoms with van der Waals surface area (Å²) in [5.74, 6) is 1.06. The first-order valence-corrected chi connectivity index (χ1v) is 11.3. The first-order chi connectivity index (χ1) is 14.6. The van der Waals surface area contributed by atoms with Gasteiger partial charge in [0, 0.05) is 5.69 Å². The summed E-state index contributed by atoms with van der Waals surface area (Å²) in [5, 5.41) is 11.8. The lowest BCUT2D eigenvalue weighted by Crippen LogP contribution is -2.13. The van der Waals surface area contributed by atoms with Crippen LogP contribution in [0.4, 0.5) is 5.69 Å². The average Bonchev–Trinajstić information content (AvgIpc) is 3.21. The summed E-state index contributed by atoms with van der Waals surface area (Å²) in [6.45, 7) is 0.182. The number of aromatic nitrogens is 2. The Balaban J connectivity index is 1.26. The van der Waals surface area contributed by atoms with Gasteiger partial charge < -0.3 is 14.5 Å². The molecule has 0 radical (unpaired) electrons. The van der Waals surface area contributed by atoms with Crippen LogP contribution >= 0.6 is 35.0 Å². The van der Waals surface area contributed by atoms with Crippen molar-refractivity contribution in [2.24, 2.45) is 0 Å². The second-order valence-electron chi connectivity index (χ2n) is 6.85. The highest BCUT2D eigenvalue weighted by molar-refractivity contribution is 7.99. The molecule has 4 rings (SSSR count). The number of ether oxygens (including phenoxy) is 1. The third kappa shape index (κ3) is 5.47. The van der Waals surface area contributed by atoms with E-state index in [-0.39, 0.29) is 18.3 Å². The van der Waals surface area contributed by atoms with Crippen molar-refractivity contribution in [1.82, 2.24) is 10.2 Å². The minimum absolute atomic E-state index is 0.119. The van der Waals surface area contributed by atoms with Crippen molar-refractivity contribution in [3.8, 4) is 5.75 Å². The van der Waals surface area contributed by atoms with E-state index in [0.29, 0.717) is 26.8 Å². The molecule has 0 saturated heterocycles. The molecule has 0 saturated carbocycles. The molecule has 1 N–H and O–H groups in total. The minimum Gasteiger partial charge on any atom is -0.484 e. The number of nitrogens with one attached hydrogen (secondary N) is 1. The lowest BCUT2D eigenvalue weighted by atomic mass is 9.92. The lowest BCUT2D eigenvalue weighted by Gasteiger charge is -2.16. The fourth-order valence-corrected chi connectivity index (χ4v) is 4.08. The normalized spacial score (nSPS) is 13.0. The van der Waals surface area contributed by atoms with E-state index in [2.05, 4.69) is 27.6 Å². The van der Waals surface area contributed by atoms with Crippen LogP contribution in [0.25, 0.3) is 0 Å². The van der Waals surface area contributed by atoms with Gasteiger partial charge in [0.05, 0.1) is 15.8 Å². The zero-order valence-electron chi connectivity index (χ0n) is 16.0. The van der Waals surface area contributed by atoms with Gasteiger partial charge in [0.25, 0.3) is 11.1 Å². The highest BCUT2D eigenvalue weighted by atomic mass is 35.5. The fraction of sp³-hybridized carbons (Fsp3) is 0.286. The van der Waals surface area contributed by atoms with Gasteiger partial charge >= 0.3 is 0 Å². The summed E-state index contributed by atoms with van der Waals surface area (Å²) in [6, 6.07) is 11.1. The molecule has 2 aromatic carbocycles.